The van der Waals surface area contributed by atoms with Crippen molar-refractivity contribution in [1.82, 2.24) is 9.97 Å². The van der Waals surface area contributed by atoms with E-state index in [0.29, 0.717) is 0 Å². The van der Waals surface area contributed by atoms with Crippen molar-refractivity contribution in [2.45, 2.75) is 13.8 Å². The molecular weight excluding hydrogens is 292 g/mol. The number of aromatic amines is 1. The summed E-state index contributed by atoms with van der Waals surface area (Å²) in [6.45, 7) is 4.24. The molecule has 0 fully saturated rings. The van der Waals surface area contributed by atoms with Crippen molar-refractivity contribution in [1.29, 1.82) is 10.5 Å². The Morgan fingerprint density at radius 3 is 2.10 bits per heavy atom. The number of halogens is 1. The predicted molar refractivity (Wildman–Crippen MR) is 79.8 cm³/mol. The van der Waals surface area contributed by atoms with Crippen molar-refractivity contribution >= 4 is 23.8 Å². The van der Waals surface area contributed by atoms with Gasteiger partial charge in [0.2, 0.25) is 0 Å². The van der Waals surface area contributed by atoms with Crippen LogP contribution in [0.25, 0.3) is 0 Å². The summed E-state index contributed by atoms with van der Waals surface area (Å²) in [5, 5.41) is 17.0. The molecule has 0 aliphatic rings. The molecular formula is C14H11ClN4S. The number of nitrogens with one attached hydrogen (secondary N) is 1. The Balaban J connectivity index is 0.000000217. The minimum absolute atomic E-state index is 0.0283. The Kier molecular flexibility index (Phi) is 5.86. The molecule has 0 aliphatic carbocycles. The van der Waals surface area contributed by atoms with Crippen molar-refractivity contribution in [2.75, 3.05) is 0 Å². The standard InChI is InChI=1S/C8H10.C6HClN4S/c1-7-5-3-4-6-8(7)2;7-5-6(12)11-4(2-9)3(1-8)10-5/h3-6H,1-2H3;(H,11,12). The molecule has 1 heterocycles. The summed E-state index contributed by atoms with van der Waals surface area (Å²) in [5.74, 6) is 0. The quantitative estimate of drug-likeness (QED) is 0.750. The van der Waals surface area contributed by atoms with E-state index in [1.54, 1.807) is 12.1 Å². The number of hydrogen-bond donors (Lipinski definition) is 1. The third-order valence-electron chi connectivity index (χ3n) is 2.52. The summed E-state index contributed by atoms with van der Waals surface area (Å²) in [7, 11) is 0. The minimum atomic E-state index is -0.0453. The fourth-order valence-corrected chi connectivity index (χ4v) is 1.53. The third kappa shape index (κ3) is 4.17. The van der Waals surface area contributed by atoms with Gasteiger partial charge in [-0.3, -0.25) is 0 Å². The first kappa shape index (κ1) is 15.8. The van der Waals surface area contributed by atoms with E-state index in [-0.39, 0.29) is 21.2 Å². The van der Waals surface area contributed by atoms with E-state index in [1.165, 1.54) is 11.1 Å². The van der Waals surface area contributed by atoms with Gasteiger partial charge in [-0.2, -0.15) is 10.5 Å². The van der Waals surface area contributed by atoms with E-state index in [9.17, 15) is 0 Å². The lowest BCUT2D eigenvalue weighted by molar-refractivity contribution is 1.11. The summed E-state index contributed by atoms with van der Waals surface area (Å²) < 4.78 is 0.159. The van der Waals surface area contributed by atoms with Crippen LogP contribution in [0.5, 0.6) is 0 Å². The van der Waals surface area contributed by atoms with Crippen LogP contribution in [0.2, 0.25) is 5.15 Å². The average Bonchev–Trinajstić information content (AvgIpc) is 2.45. The molecule has 0 unspecified atom stereocenters. The average molecular weight is 303 g/mol. The zero-order valence-electron chi connectivity index (χ0n) is 10.9. The van der Waals surface area contributed by atoms with Crippen LogP contribution >= 0.6 is 23.8 Å². The summed E-state index contributed by atoms with van der Waals surface area (Å²) in [4.78, 5) is 6.09. The van der Waals surface area contributed by atoms with E-state index < -0.39 is 0 Å². The SMILES string of the molecule is Cc1ccccc1C.N#Cc1nc(Cl)c(=S)[nH]c1C#N. The molecule has 2 aromatic rings. The summed E-state index contributed by atoms with van der Waals surface area (Å²) in [6.07, 6.45) is 0. The predicted octanol–water partition coefficient (Wildman–Crippen LogP) is 3.84. The number of H-pyrrole nitrogens is 1. The van der Waals surface area contributed by atoms with Crippen molar-refractivity contribution < 1.29 is 0 Å². The molecule has 0 spiro atoms. The molecule has 2 rings (SSSR count). The van der Waals surface area contributed by atoms with Gasteiger partial charge in [0, 0.05) is 0 Å². The Bertz CT molecular complexity index is 732. The fourth-order valence-electron chi connectivity index (χ4n) is 1.25. The highest BCUT2D eigenvalue weighted by Crippen LogP contribution is 2.08. The van der Waals surface area contributed by atoms with Crippen LogP contribution in [-0.4, -0.2) is 9.97 Å². The molecule has 0 amide bonds. The van der Waals surface area contributed by atoms with Gasteiger partial charge in [0.25, 0.3) is 0 Å². The molecule has 0 saturated heterocycles. The van der Waals surface area contributed by atoms with Crippen LogP contribution in [0.3, 0.4) is 0 Å². The molecule has 1 aromatic heterocycles. The highest BCUT2D eigenvalue weighted by molar-refractivity contribution is 7.71. The van der Waals surface area contributed by atoms with Crippen LogP contribution in [0.4, 0.5) is 0 Å². The van der Waals surface area contributed by atoms with Gasteiger partial charge in [-0.1, -0.05) is 48.1 Å². The Hall–Kier alpha value is -2.21. The molecule has 0 radical (unpaired) electrons. The second-order valence-corrected chi connectivity index (χ2v) is 4.65. The molecule has 1 aromatic carbocycles. The number of aromatic nitrogens is 2. The molecule has 0 saturated carbocycles. The number of benzene rings is 1. The van der Waals surface area contributed by atoms with Crippen LogP contribution in [0, 0.1) is 41.2 Å². The van der Waals surface area contributed by atoms with Gasteiger partial charge in [0.15, 0.2) is 16.5 Å². The van der Waals surface area contributed by atoms with E-state index >= 15 is 0 Å². The van der Waals surface area contributed by atoms with E-state index in [2.05, 4.69) is 48.1 Å². The fraction of sp³-hybridized carbons (Fsp3) is 0.143. The molecule has 0 aliphatic heterocycles. The highest BCUT2D eigenvalue weighted by Gasteiger charge is 2.05. The molecule has 6 heteroatoms. The summed E-state index contributed by atoms with van der Waals surface area (Å²) in [5.41, 5.74) is 2.73. The van der Waals surface area contributed by atoms with Crippen LogP contribution < -0.4 is 0 Å². The molecule has 1 N–H and O–H groups in total. The van der Waals surface area contributed by atoms with Crippen molar-refractivity contribution in [2.24, 2.45) is 0 Å². The van der Waals surface area contributed by atoms with Gasteiger partial charge >= 0.3 is 0 Å². The first-order chi connectivity index (χ1) is 9.49. The van der Waals surface area contributed by atoms with Crippen molar-refractivity contribution in [3.63, 3.8) is 0 Å². The highest BCUT2D eigenvalue weighted by atomic mass is 35.5. The maximum absolute atomic E-state index is 8.50. The summed E-state index contributed by atoms with van der Waals surface area (Å²) in [6, 6.07) is 11.8. The Labute approximate surface area is 127 Å². The molecule has 100 valence electrons. The first-order valence-corrected chi connectivity index (χ1v) is 6.40. The lowest BCUT2D eigenvalue weighted by atomic mass is 10.1. The minimum Gasteiger partial charge on any atom is -0.333 e. The van der Waals surface area contributed by atoms with Gasteiger partial charge in [-0.25, -0.2) is 4.98 Å². The van der Waals surface area contributed by atoms with Crippen LogP contribution in [0.15, 0.2) is 24.3 Å². The van der Waals surface area contributed by atoms with Gasteiger partial charge in [-0.05, 0) is 25.0 Å². The second kappa shape index (κ2) is 7.40. The third-order valence-corrected chi connectivity index (χ3v) is 3.20. The van der Waals surface area contributed by atoms with E-state index in [0.717, 1.165) is 0 Å². The van der Waals surface area contributed by atoms with Crippen LogP contribution in [-0.2, 0) is 0 Å². The largest absolute Gasteiger partial charge is 0.333 e. The van der Waals surface area contributed by atoms with Gasteiger partial charge in [0.05, 0.1) is 0 Å². The normalized spacial score (nSPS) is 8.85. The molecule has 4 nitrogen and oxygen atoms in total. The second-order valence-electron chi connectivity index (χ2n) is 3.89. The molecule has 0 atom stereocenters. The van der Waals surface area contributed by atoms with E-state index in [4.69, 9.17) is 34.3 Å². The first-order valence-electron chi connectivity index (χ1n) is 5.61. The van der Waals surface area contributed by atoms with Crippen LogP contribution in [0.1, 0.15) is 22.5 Å². The molecule has 0 bridgehead atoms. The van der Waals surface area contributed by atoms with Gasteiger partial charge < -0.3 is 4.98 Å². The number of nitriles is 2. The maximum atomic E-state index is 8.50. The topological polar surface area (TPSA) is 76.3 Å². The lowest BCUT2D eigenvalue weighted by Crippen LogP contribution is -1.94. The van der Waals surface area contributed by atoms with Gasteiger partial charge in [-0.15, -0.1) is 0 Å². The number of rotatable bonds is 0. The Morgan fingerprint density at radius 2 is 1.70 bits per heavy atom. The number of nitrogens with zero attached hydrogens (tertiary/aromatic N) is 3. The smallest absolute Gasteiger partial charge is 0.176 e. The van der Waals surface area contributed by atoms with Gasteiger partial charge in [0.1, 0.15) is 16.8 Å². The maximum Gasteiger partial charge on any atom is 0.176 e. The monoisotopic (exact) mass is 302 g/mol. The zero-order valence-corrected chi connectivity index (χ0v) is 12.5. The lowest BCUT2D eigenvalue weighted by Gasteiger charge is -1.93. The van der Waals surface area contributed by atoms with Crippen molar-refractivity contribution in [3.8, 4) is 12.1 Å². The Morgan fingerprint density at radius 1 is 1.15 bits per heavy atom. The zero-order chi connectivity index (χ0) is 15.1. The van der Waals surface area contributed by atoms with E-state index in [1.807, 2.05) is 0 Å². The van der Waals surface area contributed by atoms with Crippen molar-refractivity contribution in [3.05, 3.63) is 56.6 Å². The summed E-state index contributed by atoms with van der Waals surface area (Å²) >= 11 is 10.2. The number of aryl methyl sites for hydroxylation is 2. The number of hydrogen-bond acceptors (Lipinski definition) is 4. The molecule has 20 heavy (non-hydrogen) atoms.